The van der Waals surface area contributed by atoms with Crippen LogP contribution in [0.2, 0.25) is 0 Å². The van der Waals surface area contributed by atoms with E-state index in [1.54, 1.807) is 0 Å². The molecule has 0 spiro atoms. The first kappa shape index (κ1) is 39.5. The smallest absolute Gasteiger partial charge is 0.0900 e. The van der Waals surface area contributed by atoms with E-state index in [4.69, 9.17) is 32.4 Å². The molecule has 0 aliphatic rings. The summed E-state index contributed by atoms with van der Waals surface area (Å²) in [6, 6.07) is 0. The highest BCUT2D eigenvalue weighted by Gasteiger charge is 2.16. The Morgan fingerprint density at radius 2 is 1.17 bits per heavy atom. The maximum Gasteiger partial charge on any atom is 0.0900 e. The molecule has 0 heterocycles. The van der Waals surface area contributed by atoms with Gasteiger partial charge < -0.3 is 63.7 Å². The van der Waals surface area contributed by atoms with E-state index in [1.807, 2.05) is 4.90 Å². The molecular formula is C24H58N11O6-. The third-order valence-electron chi connectivity index (χ3n) is 6.06. The minimum Gasteiger partial charge on any atom is -0.737 e. The van der Waals surface area contributed by atoms with E-state index in [1.165, 1.54) is 5.01 Å². The Balaban J connectivity index is 4.11. The van der Waals surface area contributed by atoms with Crippen molar-refractivity contribution in [3.05, 3.63) is 10.4 Å². The monoisotopic (exact) mass is 596 g/mol. The van der Waals surface area contributed by atoms with Gasteiger partial charge >= 0.3 is 0 Å². The van der Waals surface area contributed by atoms with E-state index < -0.39 is 12.2 Å². The molecule has 0 aromatic carbocycles. The number of unbranched alkanes of at least 4 members (excludes halogenated alkanes) is 1. The molecule has 2 unspecified atom stereocenters. The summed E-state index contributed by atoms with van der Waals surface area (Å²) in [6.07, 6.45) is 0.205. The van der Waals surface area contributed by atoms with Gasteiger partial charge in [0.15, 0.2) is 0 Å². The lowest BCUT2D eigenvalue weighted by Crippen LogP contribution is -2.45. The van der Waals surface area contributed by atoms with E-state index in [9.17, 15) is 20.6 Å². The lowest BCUT2D eigenvalue weighted by atomic mass is 10.3. The topological polar surface area (TPSA) is 258 Å². The summed E-state index contributed by atoms with van der Waals surface area (Å²) >= 11 is 0. The second kappa shape index (κ2) is 28.6. The van der Waals surface area contributed by atoms with Crippen LogP contribution in [0.1, 0.15) is 12.8 Å². The van der Waals surface area contributed by atoms with Gasteiger partial charge in [-0.1, -0.05) is 0 Å². The van der Waals surface area contributed by atoms with Crippen molar-refractivity contribution >= 4 is 0 Å². The highest BCUT2D eigenvalue weighted by atomic mass is 16.6. The van der Waals surface area contributed by atoms with Crippen LogP contribution in [0.3, 0.4) is 0 Å². The Morgan fingerprint density at radius 1 is 0.683 bits per heavy atom. The number of nitrogens with two attached hydrogens (primary N) is 4. The molecule has 0 rings (SSSR count). The maximum atomic E-state index is 11.5. The molecule has 0 aromatic rings. The van der Waals surface area contributed by atoms with Crippen LogP contribution in [0, 0.1) is 10.4 Å². The van der Waals surface area contributed by atoms with Crippen LogP contribution in [-0.2, 0) is 9.47 Å². The fourth-order valence-electron chi connectivity index (χ4n) is 3.99. The normalized spacial score (nSPS) is 13.8. The molecule has 41 heavy (non-hydrogen) atoms. The first-order chi connectivity index (χ1) is 19.9. The molecule has 0 aliphatic carbocycles. The van der Waals surface area contributed by atoms with Crippen molar-refractivity contribution in [1.29, 1.82) is 0 Å². The van der Waals surface area contributed by atoms with E-state index in [0.717, 1.165) is 52.1 Å². The van der Waals surface area contributed by atoms with E-state index in [0.29, 0.717) is 59.0 Å². The summed E-state index contributed by atoms with van der Waals surface area (Å²) in [6.45, 7) is 10.1. The number of aliphatic hydroxyl groups excluding tert-OH is 2. The number of ether oxygens (including phenoxy) is 2. The van der Waals surface area contributed by atoms with Crippen molar-refractivity contribution in [3.8, 4) is 0 Å². The van der Waals surface area contributed by atoms with Crippen LogP contribution in [0.5, 0.6) is 0 Å². The fraction of sp³-hybridized carbons (Fsp3) is 1.00. The van der Waals surface area contributed by atoms with Gasteiger partial charge in [0.1, 0.15) is 0 Å². The predicted molar refractivity (Wildman–Crippen MR) is 159 cm³/mol. The zero-order valence-electron chi connectivity index (χ0n) is 24.8. The van der Waals surface area contributed by atoms with Crippen molar-refractivity contribution < 1.29 is 24.7 Å². The summed E-state index contributed by atoms with van der Waals surface area (Å²) < 4.78 is 11.2. The van der Waals surface area contributed by atoms with Crippen molar-refractivity contribution in [2.24, 2.45) is 28.2 Å². The number of rotatable bonds is 31. The van der Waals surface area contributed by atoms with Crippen LogP contribution in [-0.4, -0.2) is 173 Å². The number of nitrogens with zero attached hydrogens (tertiary/aromatic N) is 5. The minimum absolute atomic E-state index is 0.0142. The minimum atomic E-state index is -0.734. The van der Waals surface area contributed by atoms with Crippen LogP contribution >= 0.6 is 0 Å². The van der Waals surface area contributed by atoms with Gasteiger partial charge in [0, 0.05) is 110 Å². The summed E-state index contributed by atoms with van der Waals surface area (Å²) in [4.78, 5) is 4.06. The predicted octanol–water partition coefficient (Wildman–Crippen LogP) is -4.18. The van der Waals surface area contributed by atoms with Gasteiger partial charge in [0.05, 0.1) is 38.5 Å². The van der Waals surface area contributed by atoms with Crippen LogP contribution in [0.15, 0.2) is 5.28 Å². The lowest BCUT2D eigenvalue weighted by Gasteiger charge is -2.27. The summed E-state index contributed by atoms with van der Waals surface area (Å²) in [5.41, 5.74) is 22.2. The fourth-order valence-corrected chi connectivity index (χ4v) is 3.99. The van der Waals surface area contributed by atoms with Gasteiger partial charge in [-0.2, -0.15) is 0 Å². The molecule has 12 N–H and O–H groups in total. The molecule has 0 fully saturated rings. The van der Waals surface area contributed by atoms with Gasteiger partial charge in [-0.05, 0) is 18.1 Å². The number of nitrogens with one attached hydrogen (secondary N) is 2. The molecule has 0 saturated carbocycles. The molecule has 17 nitrogen and oxygen atoms in total. The van der Waals surface area contributed by atoms with Crippen LogP contribution in [0.25, 0.3) is 0 Å². The Morgan fingerprint density at radius 3 is 1.61 bits per heavy atom. The molecule has 17 heteroatoms. The average molecular weight is 597 g/mol. The van der Waals surface area contributed by atoms with E-state index in [2.05, 4.69) is 20.8 Å². The SMILES string of the molecule is NCCNCCN(CCNCCN)CC(O)COCCCCOCC(O)CN(CCN)CCN(CCN)/[N+]([O-])=N/[O-]. The zero-order chi connectivity index (χ0) is 30.6. The van der Waals surface area contributed by atoms with Crippen molar-refractivity contribution in [1.82, 2.24) is 25.4 Å². The van der Waals surface area contributed by atoms with Gasteiger partial charge in [-0.15, -0.1) is 5.01 Å². The summed E-state index contributed by atoms with van der Waals surface area (Å²) in [5, 5.41) is 52.9. The molecule has 0 saturated heterocycles. The molecule has 0 amide bonds. The Bertz CT molecular complexity index is 588. The number of hydrogen-bond acceptors (Lipinski definition) is 15. The highest BCUT2D eigenvalue weighted by molar-refractivity contribution is 4.68. The Labute approximate surface area is 245 Å². The maximum absolute atomic E-state index is 11.5. The van der Waals surface area contributed by atoms with Crippen LogP contribution < -0.4 is 33.6 Å². The van der Waals surface area contributed by atoms with E-state index in [-0.39, 0.29) is 37.8 Å². The first-order valence-electron chi connectivity index (χ1n) is 14.6. The molecule has 0 aliphatic heterocycles. The molecule has 0 aromatic heterocycles. The van der Waals surface area contributed by atoms with Gasteiger partial charge in [-0.3, -0.25) is 9.80 Å². The van der Waals surface area contributed by atoms with Crippen molar-refractivity contribution in [2.45, 2.75) is 25.0 Å². The largest absolute Gasteiger partial charge is 0.737 e. The third-order valence-corrected chi connectivity index (χ3v) is 6.06. The number of aliphatic hydroxyl groups is 2. The van der Waals surface area contributed by atoms with Gasteiger partial charge in [-0.25, -0.2) is 0 Å². The van der Waals surface area contributed by atoms with Gasteiger partial charge in [0.25, 0.3) is 0 Å². The average Bonchev–Trinajstić information content (AvgIpc) is 2.96. The molecule has 0 radical (unpaired) electrons. The Hall–Kier alpha value is -1.48. The van der Waals surface area contributed by atoms with Crippen LogP contribution in [0.4, 0.5) is 0 Å². The second-order valence-corrected chi connectivity index (χ2v) is 9.71. The summed E-state index contributed by atoms with van der Waals surface area (Å²) in [7, 11) is 0. The first-order valence-corrected chi connectivity index (χ1v) is 14.6. The zero-order valence-corrected chi connectivity index (χ0v) is 24.8. The highest BCUT2D eigenvalue weighted by Crippen LogP contribution is 2.00. The quantitative estimate of drug-likeness (QED) is 0.0163. The molecule has 0 bridgehead atoms. The molecule has 246 valence electrons. The molecular weight excluding hydrogens is 538 g/mol. The summed E-state index contributed by atoms with van der Waals surface area (Å²) in [5.74, 6) is 0. The van der Waals surface area contributed by atoms with E-state index >= 15 is 0 Å². The standard InChI is InChI=1S/C24H59N11O6/c25-3-7-29-9-13-33(14-10-30-8-4-26)20-24(37)22-41-18-2-1-17-40-21-23(36)19-32(11-5-27)15-16-34(12-6-28)35(39)31-38/h23-24,29-30,36-38H,1-22,25-28H2/p-1/b35-31-. The van der Waals surface area contributed by atoms with Crippen molar-refractivity contribution in [2.75, 3.05) is 131 Å². The number of hydrogen-bond donors (Lipinski definition) is 8. The second-order valence-electron chi connectivity index (χ2n) is 9.71. The molecule has 2 atom stereocenters. The lowest BCUT2D eigenvalue weighted by molar-refractivity contribution is -0.690. The number of hydrazine groups is 1. The van der Waals surface area contributed by atoms with Gasteiger partial charge in [0.2, 0.25) is 0 Å². The third kappa shape index (κ3) is 23.7. The van der Waals surface area contributed by atoms with Crippen molar-refractivity contribution in [3.63, 3.8) is 0 Å². The Kier molecular flexibility index (Phi) is 27.6.